The van der Waals surface area contributed by atoms with Crippen molar-refractivity contribution >= 4 is 0 Å². The summed E-state index contributed by atoms with van der Waals surface area (Å²) in [4.78, 5) is 10.7. The van der Waals surface area contributed by atoms with Gasteiger partial charge in [0.2, 0.25) is 5.89 Å². The summed E-state index contributed by atoms with van der Waals surface area (Å²) in [6, 6.07) is 0.0972. The summed E-state index contributed by atoms with van der Waals surface area (Å²) in [6.07, 6.45) is 4.12. The summed E-state index contributed by atoms with van der Waals surface area (Å²) in [6.45, 7) is 7.17. The van der Waals surface area contributed by atoms with Gasteiger partial charge in [0.1, 0.15) is 12.7 Å². The van der Waals surface area contributed by atoms with Crippen molar-refractivity contribution in [2.24, 2.45) is 0 Å². The minimum atomic E-state index is 0.0940. The van der Waals surface area contributed by atoms with E-state index in [1.807, 2.05) is 6.92 Å². The van der Waals surface area contributed by atoms with Crippen molar-refractivity contribution in [3.8, 4) is 0 Å². The lowest BCUT2D eigenvalue weighted by Gasteiger charge is -2.35. The van der Waals surface area contributed by atoms with Crippen LogP contribution in [-0.4, -0.2) is 55.6 Å². The van der Waals surface area contributed by atoms with E-state index in [0.717, 1.165) is 25.3 Å². The first kappa shape index (κ1) is 14.2. The van der Waals surface area contributed by atoms with E-state index in [1.54, 1.807) is 11.0 Å². The van der Waals surface area contributed by atoms with Gasteiger partial charge in [-0.05, 0) is 6.92 Å². The number of aromatic nitrogens is 5. The van der Waals surface area contributed by atoms with Crippen LogP contribution in [0.25, 0.3) is 0 Å². The molecule has 0 amide bonds. The lowest BCUT2D eigenvalue weighted by molar-refractivity contribution is -0.0532. The van der Waals surface area contributed by atoms with Crippen LogP contribution in [0, 0.1) is 0 Å². The molecular weight excluding hydrogens is 272 g/mol. The highest BCUT2D eigenvalue weighted by Crippen LogP contribution is 2.21. The van der Waals surface area contributed by atoms with Gasteiger partial charge >= 0.3 is 0 Å². The molecule has 3 heterocycles. The SMILES string of the molecule is CCc1noc(C(C)N2CCOC(Cn3cncn3)C2)n1. The Morgan fingerprint density at radius 3 is 3.10 bits per heavy atom. The highest BCUT2D eigenvalue weighted by Gasteiger charge is 2.28. The third-order valence-electron chi connectivity index (χ3n) is 3.73. The Hall–Kier alpha value is -1.80. The second kappa shape index (κ2) is 6.31. The van der Waals surface area contributed by atoms with Crippen LogP contribution in [0.4, 0.5) is 0 Å². The minimum absolute atomic E-state index is 0.0940. The number of aryl methyl sites for hydroxylation is 1. The average molecular weight is 292 g/mol. The standard InChI is InChI=1S/C13H20N6O2/c1-3-12-16-13(21-17-12)10(2)18-4-5-20-11(6-18)7-19-9-14-8-15-19/h8-11H,3-7H2,1-2H3. The second-order valence-electron chi connectivity index (χ2n) is 5.18. The monoisotopic (exact) mass is 292 g/mol. The first-order valence-electron chi connectivity index (χ1n) is 7.26. The summed E-state index contributed by atoms with van der Waals surface area (Å²) in [5.41, 5.74) is 0. The fourth-order valence-electron chi connectivity index (χ4n) is 2.48. The van der Waals surface area contributed by atoms with Crippen LogP contribution >= 0.6 is 0 Å². The van der Waals surface area contributed by atoms with Crippen molar-refractivity contribution in [2.45, 2.75) is 39.0 Å². The van der Waals surface area contributed by atoms with Crippen molar-refractivity contribution in [2.75, 3.05) is 19.7 Å². The van der Waals surface area contributed by atoms with Gasteiger partial charge in [-0.2, -0.15) is 10.1 Å². The zero-order valence-electron chi connectivity index (χ0n) is 12.3. The lowest BCUT2D eigenvalue weighted by Crippen LogP contribution is -2.45. The van der Waals surface area contributed by atoms with Crippen LogP contribution in [-0.2, 0) is 17.7 Å². The molecule has 0 spiro atoms. The third kappa shape index (κ3) is 3.27. The molecular formula is C13H20N6O2. The molecule has 1 saturated heterocycles. The number of ether oxygens (including phenoxy) is 1. The van der Waals surface area contributed by atoms with Crippen molar-refractivity contribution in [3.05, 3.63) is 24.4 Å². The van der Waals surface area contributed by atoms with Crippen LogP contribution in [0.3, 0.4) is 0 Å². The molecule has 0 aliphatic carbocycles. The first-order chi connectivity index (χ1) is 10.3. The van der Waals surface area contributed by atoms with E-state index in [-0.39, 0.29) is 12.1 Å². The van der Waals surface area contributed by atoms with Crippen molar-refractivity contribution in [3.63, 3.8) is 0 Å². The van der Waals surface area contributed by atoms with Gasteiger partial charge in [-0.3, -0.25) is 9.58 Å². The Morgan fingerprint density at radius 2 is 2.38 bits per heavy atom. The number of nitrogens with zero attached hydrogens (tertiary/aromatic N) is 6. The fourth-order valence-corrected chi connectivity index (χ4v) is 2.48. The molecule has 0 radical (unpaired) electrons. The van der Waals surface area contributed by atoms with Gasteiger partial charge in [-0.15, -0.1) is 0 Å². The molecule has 1 aliphatic rings. The Morgan fingerprint density at radius 1 is 1.48 bits per heavy atom. The van der Waals surface area contributed by atoms with Crippen LogP contribution in [0.15, 0.2) is 17.2 Å². The maximum absolute atomic E-state index is 5.80. The molecule has 1 fully saturated rings. The normalized spacial score (nSPS) is 21.5. The highest BCUT2D eigenvalue weighted by atomic mass is 16.5. The molecule has 21 heavy (non-hydrogen) atoms. The van der Waals surface area contributed by atoms with Gasteiger partial charge < -0.3 is 9.26 Å². The molecule has 2 aromatic heterocycles. The summed E-state index contributed by atoms with van der Waals surface area (Å²) in [5.74, 6) is 1.43. The number of hydrogen-bond acceptors (Lipinski definition) is 7. The van der Waals surface area contributed by atoms with Gasteiger partial charge in [0.25, 0.3) is 0 Å². The van der Waals surface area contributed by atoms with Gasteiger partial charge in [0, 0.05) is 19.5 Å². The second-order valence-corrected chi connectivity index (χ2v) is 5.18. The van der Waals surface area contributed by atoms with E-state index < -0.39 is 0 Å². The van der Waals surface area contributed by atoms with Gasteiger partial charge in [-0.1, -0.05) is 12.1 Å². The smallest absolute Gasteiger partial charge is 0.243 e. The van der Waals surface area contributed by atoms with Gasteiger partial charge in [0.15, 0.2) is 5.82 Å². The van der Waals surface area contributed by atoms with Gasteiger partial charge in [-0.25, -0.2) is 4.98 Å². The summed E-state index contributed by atoms with van der Waals surface area (Å²) in [7, 11) is 0. The maximum atomic E-state index is 5.80. The Kier molecular flexibility index (Phi) is 4.26. The van der Waals surface area contributed by atoms with Crippen LogP contribution in [0.2, 0.25) is 0 Å². The molecule has 2 atom stereocenters. The highest BCUT2D eigenvalue weighted by molar-refractivity contribution is 4.93. The van der Waals surface area contributed by atoms with Crippen molar-refractivity contribution < 1.29 is 9.26 Å². The quantitative estimate of drug-likeness (QED) is 0.801. The molecule has 0 N–H and O–H groups in total. The molecule has 3 rings (SSSR count). The predicted octanol–water partition coefficient (Wildman–Crippen LogP) is 0.685. The van der Waals surface area contributed by atoms with E-state index in [0.29, 0.717) is 19.0 Å². The number of morpholine rings is 1. The van der Waals surface area contributed by atoms with E-state index in [9.17, 15) is 0 Å². The molecule has 1 aliphatic heterocycles. The predicted molar refractivity (Wildman–Crippen MR) is 73.4 cm³/mol. The summed E-state index contributed by atoms with van der Waals surface area (Å²) in [5, 5.41) is 8.08. The fraction of sp³-hybridized carbons (Fsp3) is 0.692. The zero-order chi connectivity index (χ0) is 14.7. The lowest BCUT2D eigenvalue weighted by atomic mass is 10.2. The first-order valence-corrected chi connectivity index (χ1v) is 7.26. The summed E-state index contributed by atoms with van der Waals surface area (Å²) >= 11 is 0. The van der Waals surface area contributed by atoms with Gasteiger partial charge in [0.05, 0.1) is 25.3 Å². The minimum Gasteiger partial charge on any atom is -0.374 e. The van der Waals surface area contributed by atoms with E-state index in [4.69, 9.17) is 9.26 Å². The van der Waals surface area contributed by atoms with E-state index in [2.05, 4.69) is 32.0 Å². The molecule has 8 heteroatoms. The Labute approximate surface area is 123 Å². The largest absolute Gasteiger partial charge is 0.374 e. The molecule has 0 aromatic carbocycles. The molecule has 0 bridgehead atoms. The van der Waals surface area contributed by atoms with E-state index >= 15 is 0 Å². The topological polar surface area (TPSA) is 82.1 Å². The summed E-state index contributed by atoms with van der Waals surface area (Å²) < 4.78 is 12.9. The zero-order valence-corrected chi connectivity index (χ0v) is 12.3. The van der Waals surface area contributed by atoms with Crippen LogP contribution < -0.4 is 0 Å². The van der Waals surface area contributed by atoms with Crippen LogP contribution in [0.5, 0.6) is 0 Å². The Bertz CT molecular complexity index is 555. The molecule has 0 saturated carbocycles. The third-order valence-corrected chi connectivity index (χ3v) is 3.73. The molecule has 8 nitrogen and oxygen atoms in total. The molecule has 114 valence electrons. The molecule has 2 aromatic rings. The Balaban J connectivity index is 1.62. The number of hydrogen-bond donors (Lipinski definition) is 0. The maximum Gasteiger partial charge on any atom is 0.243 e. The van der Waals surface area contributed by atoms with Crippen LogP contribution in [0.1, 0.15) is 31.6 Å². The van der Waals surface area contributed by atoms with Crippen molar-refractivity contribution in [1.82, 2.24) is 29.8 Å². The average Bonchev–Trinajstić information content (AvgIpc) is 3.17. The van der Waals surface area contributed by atoms with Crippen molar-refractivity contribution in [1.29, 1.82) is 0 Å². The van der Waals surface area contributed by atoms with E-state index in [1.165, 1.54) is 6.33 Å². The molecule has 2 unspecified atom stereocenters. The number of rotatable bonds is 5.